The van der Waals surface area contributed by atoms with Crippen molar-refractivity contribution < 1.29 is 27.5 Å². The van der Waals surface area contributed by atoms with Gasteiger partial charge in [0.15, 0.2) is 11.5 Å². The average molecular weight is 530 g/mol. The Hall–Kier alpha value is -3.27. The lowest BCUT2D eigenvalue weighted by atomic mass is 9.95. The fourth-order valence-electron chi connectivity index (χ4n) is 4.69. The molecule has 0 aromatic heterocycles. The number of nitrogens with zero attached hydrogens (tertiary/aromatic N) is 2. The molecule has 0 saturated heterocycles. The molecule has 1 atom stereocenters. The normalized spacial score (nSPS) is 16.2. The first-order valence-corrected chi connectivity index (χ1v) is 14.4. The Kier molecular flexibility index (Phi) is 8.58. The fraction of sp³-hybridized carbons (Fsp3) is 0.481. The first kappa shape index (κ1) is 26.8. The van der Waals surface area contributed by atoms with Crippen LogP contribution < -0.4 is 19.1 Å². The Morgan fingerprint density at radius 3 is 2.43 bits per heavy atom. The van der Waals surface area contributed by atoms with Crippen molar-refractivity contribution in [3.63, 3.8) is 0 Å². The largest absolute Gasteiger partial charge is 0.454 e. The van der Waals surface area contributed by atoms with Crippen LogP contribution in [0.1, 0.15) is 51.5 Å². The zero-order valence-electron chi connectivity index (χ0n) is 21.4. The van der Waals surface area contributed by atoms with Gasteiger partial charge in [-0.2, -0.15) is 0 Å². The number of rotatable bonds is 10. The highest BCUT2D eigenvalue weighted by Gasteiger charge is 2.32. The fourth-order valence-corrected chi connectivity index (χ4v) is 5.75. The van der Waals surface area contributed by atoms with Crippen molar-refractivity contribution in [1.29, 1.82) is 0 Å². The maximum atomic E-state index is 13.7. The van der Waals surface area contributed by atoms with Gasteiger partial charge in [-0.1, -0.05) is 49.6 Å². The van der Waals surface area contributed by atoms with E-state index in [-0.39, 0.29) is 31.0 Å². The summed E-state index contributed by atoms with van der Waals surface area (Å²) in [5, 5.41) is 3.10. The molecule has 4 rings (SSSR count). The smallest absolute Gasteiger partial charge is 0.244 e. The number of anilines is 1. The molecule has 1 aliphatic carbocycles. The summed E-state index contributed by atoms with van der Waals surface area (Å²) < 4.78 is 38.0. The number of sulfonamides is 1. The monoisotopic (exact) mass is 529 g/mol. The Labute approximate surface area is 218 Å². The molecule has 2 amide bonds. The van der Waals surface area contributed by atoms with Gasteiger partial charge in [0.2, 0.25) is 28.6 Å². The van der Waals surface area contributed by atoms with Gasteiger partial charge in [-0.15, -0.1) is 0 Å². The van der Waals surface area contributed by atoms with Crippen LogP contribution in [0.5, 0.6) is 11.5 Å². The van der Waals surface area contributed by atoms with Crippen molar-refractivity contribution in [2.24, 2.45) is 0 Å². The van der Waals surface area contributed by atoms with Gasteiger partial charge >= 0.3 is 0 Å². The molecule has 1 aliphatic heterocycles. The lowest BCUT2D eigenvalue weighted by Crippen LogP contribution is -2.53. The van der Waals surface area contributed by atoms with E-state index in [1.54, 1.807) is 25.1 Å². The van der Waals surface area contributed by atoms with Crippen LogP contribution in [0, 0.1) is 0 Å². The number of nitrogens with one attached hydrogen (secondary N) is 1. The van der Waals surface area contributed by atoms with Crippen molar-refractivity contribution >= 4 is 27.5 Å². The van der Waals surface area contributed by atoms with E-state index in [4.69, 9.17) is 9.47 Å². The molecule has 1 unspecified atom stereocenters. The van der Waals surface area contributed by atoms with Crippen molar-refractivity contribution in [1.82, 2.24) is 10.2 Å². The topological polar surface area (TPSA) is 105 Å². The molecule has 1 fully saturated rings. The van der Waals surface area contributed by atoms with Crippen molar-refractivity contribution in [2.75, 3.05) is 23.4 Å². The number of ether oxygens (including phenoxy) is 2. The molecule has 2 aromatic rings. The van der Waals surface area contributed by atoms with Gasteiger partial charge < -0.3 is 19.7 Å². The minimum Gasteiger partial charge on any atom is -0.454 e. The average Bonchev–Trinajstić information content (AvgIpc) is 3.39. The molecule has 0 bridgehead atoms. The van der Waals surface area contributed by atoms with Gasteiger partial charge in [0, 0.05) is 18.7 Å². The predicted molar refractivity (Wildman–Crippen MR) is 141 cm³/mol. The van der Waals surface area contributed by atoms with Crippen LogP contribution in [0.15, 0.2) is 48.5 Å². The first-order chi connectivity index (χ1) is 17.8. The van der Waals surface area contributed by atoms with Crippen molar-refractivity contribution in [3.8, 4) is 11.5 Å². The Balaban J connectivity index is 1.59. The number of carbonyl (C=O) groups is 2. The van der Waals surface area contributed by atoms with Gasteiger partial charge in [0.1, 0.15) is 12.6 Å². The highest BCUT2D eigenvalue weighted by atomic mass is 32.2. The van der Waals surface area contributed by atoms with Gasteiger partial charge in [-0.25, -0.2) is 8.42 Å². The number of carbonyl (C=O) groups excluding carboxylic acids is 2. The van der Waals surface area contributed by atoms with Crippen LogP contribution in [0.25, 0.3) is 0 Å². The van der Waals surface area contributed by atoms with Gasteiger partial charge in [0.05, 0.1) is 11.4 Å². The summed E-state index contributed by atoms with van der Waals surface area (Å²) in [4.78, 5) is 28.4. The summed E-state index contributed by atoms with van der Waals surface area (Å²) in [6, 6.07) is 13.5. The molecular formula is C27H35N3O6S. The number of amides is 2. The number of fused-ring (bicyclic) bond motifs is 1. The number of benzene rings is 2. The first-order valence-electron chi connectivity index (χ1n) is 12.8. The lowest BCUT2D eigenvalue weighted by molar-refractivity contribution is -0.139. The zero-order valence-corrected chi connectivity index (χ0v) is 22.2. The van der Waals surface area contributed by atoms with Gasteiger partial charge in [-0.05, 0) is 44.4 Å². The van der Waals surface area contributed by atoms with Crippen LogP contribution in [0.4, 0.5) is 5.69 Å². The molecule has 1 saturated carbocycles. The predicted octanol–water partition coefficient (Wildman–Crippen LogP) is 3.44. The minimum absolute atomic E-state index is 0.0523. The third-order valence-corrected chi connectivity index (χ3v) is 8.68. The van der Waals surface area contributed by atoms with Crippen LogP contribution in [0.2, 0.25) is 0 Å². The quantitative estimate of drug-likeness (QED) is 0.506. The lowest BCUT2D eigenvalue weighted by Gasteiger charge is -2.33. The summed E-state index contributed by atoms with van der Waals surface area (Å²) in [5.41, 5.74) is 1.15. The Morgan fingerprint density at radius 2 is 1.73 bits per heavy atom. The second-order valence-electron chi connectivity index (χ2n) is 9.47. The molecule has 10 heteroatoms. The molecular weight excluding hydrogens is 494 g/mol. The highest BCUT2D eigenvalue weighted by Crippen LogP contribution is 2.36. The zero-order chi connectivity index (χ0) is 26.4. The number of hydrogen-bond donors (Lipinski definition) is 1. The van der Waals surface area contributed by atoms with E-state index >= 15 is 0 Å². The van der Waals surface area contributed by atoms with E-state index < -0.39 is 28.5 Å². The van der Waals surface area contributed by atoms with E-state index in [2.05, 4.69) is 5.32 Å². The summed E-state index contributed by atoms with van der Waals surface area (Å²) in [7, 11) is -3.81. The molecule has 9 nitrogen and oxygen atoms in total. The number of hydrogen-bond acceptors (Lipinski definition) is 6. The summed E-state index contributed by atoms with van der Waals surface area (Å²) in [6.45, 7) is 3.01. The Bertz CT molecular complexity index is 1200. The molecule has 0 radical (unpaired) electrons. The second-order valence-corrected chi connectivity index (χ2v) is 11.7. The maximum Gasteiger partial charge on any atom is 0.244 e. The van der Waals surface area contributed by atoms with E-state index in [1.807, 2.05) is 30.3 Å². The molecule has 1 heterocycles. The van der Waals surface area contributed by atoms with Crippen LogP contribution >= 0.6 is 0 Å². The maximum absolute atomic E-state index is 13.7. The SMILES string of the molecule is CCS(=O)(=O)N(CC(=O)N(Cc1ccccc1)C(C)C(=O)NC1CCCCC1)c1ccc2c(c1)OCO2. The van der Waals surface area contributed by atoms with Gasteiger partial charge in [0.25, 0.3) is 0 Å². The summed E-state index contributed by atoms with van der Waals surface area (Å²) in [5.74, 6) is 0.0461. The van der Waals surface area contributed by atoms with E-state index in [0.29, 0.717) is 17.2 Å². The van der Waals surface area contributed by atoms with E-state index in [9.17, 15) is 18.0 Å². The van der Waals surface area contributed by atoms with Crippen molar-refractivity contribution in [2.45, 2.75) is 64.6 Å². The molecule has 37 heavy (non-hydrogen) atoms. The Morgan fingerprint density at radius 1 is 1.03 bits per heavy atom. The molecule has 2 aliphatic rings. The summed E-state index contributed by atoms with van der Waals surface area (Å²) in [6.07, 6.45) is 5.17. The molecule has 2 aromatic carbocycles. The minimum atomic E-state index is -3.81. The van der Waals surface area contributed by atoms with Crippen molar-refractivity contribution in [3.05, 3.63) is 54.1 Å². The third-order valence-electron chi connectivity index (χ3n) is 6.94. The molecule has 0 spiro atoms. The van der Waals surface area contributed by atoms with E-state index in [1.165, 1.54) is 18.2 Å². The standard InChI is InChI=1S/C27H35N3O6S/c1-3-37(33,34)30(23-14-15-24-25(16-23)36-19-35-24)18-26(31)29(17-21-10-6-4-7-11-21)20(2)27(32)28-22-12-8-5-9-13-22/h4,6-7,10-11,14-16,20,22H,3,5,8-9,12-13,17-19H2,1-2H3,(H,28,32). The van der Waals surface area contributed by atoms with Crippen LogP contribution in [-0.2, 0) is 26.2 Å². The van der Waals surface area contributed by atoms with Crippen LogP contribution in [0.3, 0.4) is 0 Å². The summed E-state index contributed by atoms with van der Waals surface area (Å²) >= 11 is 0. The van der Waals surface area contributed by atoms with Crippen LogP contribution in [-0.4, -0.2) is 56.3 Å². The third kappa shape index (κ3) is 6.54. The molecule has 200 valence electrons. The van der Waals surface area contributed by atoms with Gasteiger partial charge in [-0.3, -0.25) is 13.9 Å². The van der Waals surface area contributed by atoms with E-state index in [0.717, 1.165) is 35.6 Å². The molecule has 1 N–H and O–H groups in total. The highest BCUT2D eigenvalue weighted by molar-refractivity contribution is 7.92. The second kappa shape index (κ2) is 11.9.